The number of amides is 1. The zero-order chi connectivity index (χ0) is 41.0. The van der Waals surface area contributed by atoms with Gasteiger partial charge in [0.1, 0.15) is 23.5 Å². The molecule has 0 aliphatic rings. The first-order valence-corrected chi connectivity index (χ1v) is 15.4. The maximum Gasteiger partial charge on any atom is 0.490 e. The van der Waals surface area contributed by atoms with Gasteiger partial charge < -0.3 is 41.0 Å². The average Bonchev–Trinajstić information content (AvgIpc) is 3.58. The van der Waals surface area contributed by atoms with Crippen molar-refractivity contribution in [3.05, 3.63) is 95.2 Å². The Kier molecular flexibility index (Phi) is 15.4. The smallest absolute Gasteiger partial charge is 0.490 e. The number of ether oxygens (including phenoxy) is 2. The Bertz CT molecular complexity index is 1870. The topological polar surface area (TPSA) is 213 Å². The van der Waals surface area contributed by atoms with Crippen LogP contribution in [0.4, 0.5) is 36.4 Å². The number of aromatic amines is 1. The maximum atomic E-state index is 16.0. The van der Waals surface area contributed by atoms with Crippen molar-refractivity contribution >= 4 is 29.4 Å². The van der Waals surface area contributed by atoms with Gasteiger partial charge >= 0.3 is 24.3 Å². The van der Waals surface area contributed by atoms with Gasteiger partial charge in [0.05, 0.1) is 24.6 Å². The number of benzene rings is 3. The molecule has 0 saturated carbocycles. The third-order valence-electron chi connectivity index (χ3n) is 6.57. The van der Waals surface area contributed by atoms with E-state index in [0.717, 1.165) is 5.56 Å². The molecule has 4 rings (SSSR count). The lowest BCUT2D eigenvalue weighted by Crippen LogP contribution is -2.21. The van der Waals surface area contributed by atoms with Crippen LogP contribution in [0.15, 0.2) is 66.9 Å². The van der Waals surface area contributed by atoms with Gasteiger partial charge in [-0.25, -0.2) is 19.0 Å². The van der Waals surface area contributed by atoms with Gasteiger partial charge in [-0.05, 0) is 68.8 Å². The first-order valence-electron chi connectivity index (χ1n) is 15.4. The minimum atomic E-state index is -5.08. The Labute approximate surface area is 302 Å². The second-order valence-corrected chi connectivity index (χ2v) is 10.9. The summed E-state index contributed by atoms with van der Waals surface area (Å²) in [5.41, 5.74) is 9.15. The summed E-state index contributed by atoms with van der Waals surface area (Å²) >= 11 is 0. The van der Waals surface area contributed by atoms with Crippen LogP contribution in [0.3, 0.4) is 0 Å². The zero-order valence-corrected chi connectivity index (χ0v) is 28.8. The number of H-pyrrole nitrogens is 1. The van der Waals surface area contributed by atoms with Crippen LogP contribution < -0.4 is 25.8 Å². The highest BCUT2D eigenvalue weighted by Crippen LogP contribution is 2.36. The fourth-order valence-electron chi connectivity index (χ4n) is 4.17. The molecule has 13 nitrogen and oxygen atoms in total. The van der Waals surface area contributed by atoms with E-state index in [9.17, 15) is 31.1 Å². The summed E-state index contributed by atoms with van der Waals surface area (Å²) in [5, 5.41) is 27.9. The molecule has 0 bridgehead atoms. The van der Waals surface area contributed by atoms with E-state index < -0.39 is 36.2 Å². The Morgan fingerprint density at radius 3 is 1.89 bits per heavy atom. The molecular formula is C34H35F7N6O7. The molecule has 1 atom stereocenters. The van der Waals surface area contributed by atoms with E-state index in [4.69, 9.17) is 40.4 Å². The van der Waals surface area contributed by atoms with Crippen LogP contribution in [0.25, 0.3) is 11.3 Å². The molecule has 0 saturated heterocycles. The van der Waals surface area contributed by atoms with Gasteiger partial charge in [-0.1, -0.05) is 12.1 Å². The van der Waals surface area contributed by atoms with Crippen molar-refractivity contribution in [1.29, 1.82) is 5.41 Å². The van der Waals surface area contributed by atoms with Crippen molar-refractivity contribution in [3.8, 4) is 22.8 Å². The fraction of sp³-hybridized carbons (Fsp3) is 0.265. The van der Waals surface area contributed by atoms with E-state index >= 15 is 4.39 Å². The van der Waals surface area contributed by atoms with E-state index in [1.807, 2.05) is 32.9 Å². The number of nitrogen functional groups attached to an aromatic ring is 1. The number of anilines is 1. The van der Waals surface area contributed by atoms with Crippen molar-refractivity contribution in [1.82, 2.24) is 15.3 Å². The van der Waals surface area contributed by atoms with Gasteiger partial charge in [-0.15, -0.1) is 0 Å². The molecule has 1 heterocycles. The molecular weight excluding hydrogens is 737 g/mol. The quantitative estimate of drug-likeness (QED) is 0.0499. The van der Waals surface area contributed by atoms with Crippen LogP contribution in [0, 0.1) is 11.2 Å². The van der Waals surface area contributed by atoms with E-state index in [2.05, 4.69) is 20.6 Å². The molecule has 0 radical (unpaired) electrons. The van der Waals surface area contributed by atoms with Gasteiger partial charge in [0, 0.05) is 35.5 Å². The SMILES string of the molecule is CCOc1cc(OC(C)C)c(F)c(C(Nc2ccc(C(=N)N)cc2)c2ncc(-c3ccc(C(=O)NC)cc3)[nH]2)c1.O=C(O)C(F)(F)F.O=C(O)C(F)(F)F. The monoisotopic (exact) mass is 772 g/mol. The Morgan fingerprint density at radius 2 is 1.44 bits per heavy atom. The molecule has 0 aliphatic carbocycles. The summed E-state index contributed by atoms with van der Waals surface area (Å²) in [6.07, 6.45) is -8.76. The van der Waals surface area contributed by atoms with Crippen molar-refractivity contribution in [2.24, 2.45) is 5.73 Å². The van der Waals surface area contributed by atoms with E-state index in [0.29, 0.717) is 40.7 Å². The zero-order valence-electron chi connectivity index (χ0n) is 28.8. The van der Waals surface area contributed by atoms with E-state index in [1.165, 1.54) is 0 Å². The third-order valence-corrected chi connectivity index (χ3v) is 6.57. The van der Waals surface area contributed by atoms with E-state index in [-0.39, 0.29) is 29.2 Å². The van der Waals surface area contributed by atoms with Crippen molar-refractivity contribution < 1.29 is 64.8 Å². The minimum absolute atomic E-state index is 0.0489. The van der Waals surface area contributed by atoms with Gasteiger partial charge in [0.15, 0.2) is 11.6 Å². The second-order valence-electron chi connectivity index (χ2n) is 10.9. The van der Waals surface area contributed by atoms with Gasteiger partial charge in [0.2, 0.25) is 0 Å². The maximum absolute atomic E-state index is 16.0. The number of carbonyl (C=O) groups excluding carboxylic acids is 1. The van der Waals surface area contributed by atoms with Crippen molar-refractivity contribution in [2.75, 3.05) is 19.0 Å². The van der Waals surface area contributed by atoms with Crippen molar-refractivity contribution in [2.45, 2.75) is 45.3 Å². The standard InChI is InChI=1S/C30H33FN6O3.2C2HF3O2/c1-5-39-22-14-23(26(31)25(15-22)40-17(2)3)27(36-21-12-10-19(11-13-21)28(32)33)29-35-16-24(37-29)18-6-8-20(9-7-18)30(38)34-4;2*3-2(4,5)1(6)7/h6-17,27,36H,5H2,1-4H3,(H3,32,33)(H,34,38)(H,35,37);2*(H,6,7). The molecule has 0 fully saturated rings. The summed E-state index contributed by atoms with van der Waals surface area (Å²) in [6.45, 7) is 5.90. The number of carbonyl (C=O) groups is 3. The lowest BCUT2D eigenvalue weighted by atomic mass is 10.0. The van der Waals surface area contributed by atoms with Gasteiger partial charge in [-0.3, -0.25) is 10.2 Å². The first kappa shape index (κ1) is 43.8. The number of amidine groups is 1. The number of rotatable bonds is 11. The number of aliphatic carboxylic acids is 2. The molecule has 0 spiro atoms. The lowest BCUT2D eigenvalue weighted by Gasteiger charge is -2.22. The number of imidazole rings is 1. The summed E-state index contributed by atoms with van der Waals surface area (Å²) in [6, 6.07) is 16.4. The molecule has 8 N–H and O–H groups in total. The number of hydrogen-bond donors (Lipinski definition) is 7. The highest BCUT2D eigenvalue weighted by atomic mass is 19.4. The molecule has 20 heteroatoms. The number of carboxylic acid groups (broad SMARTS) is 2. The van der Waals surface area contributed by atoms with Gasteiger partial charge in [-0.2, -0.15) is 26.3 Å². The summed E-state index contributed by atoms with van der Waals surface area (Å²) in [7, 11) is 1.58. The third kappa shape index (κ3) is 13.0. The largest absolute Gasteiger partial charge is 0.494 e. The van der Waals surface area contributed by atoms with E-state index in [1.54, 1.807) is 61.8 Å². The molecule has 3 aromatic carbocycles. The van der Waals surface area contributed by atoms with Gasteiger partial charge in [0.25, 0.3) is 5.91 Å². The predicted molar refractivity (Wildman–Crippen MR) is 181 cm³/mol. The van der Waals surface area contributed by atoms with Crippen LogP contribution in [0.2, 0.25) is 0 Å². The Hall–Kier alpha value is -6.34. The minimum Gasteiger partial charge on any atom is -0.494 e. The number of nitrogens with zero attached hydrogens (tertiary/aromatic N) is 1. The number of halogens is 7. The first-order chi connectivity index (χ1) is 25.1. The number of alkyl halides is 6. The molecule has 1 amide bonds. The molecule has 0 aliphatic heterocycles. The predicted octanol–water partition coefficient (Wildman–Crippen LogP) is 6.51. The lowest BCUT2D eigenvalue weighted by molar-refractivity contribution is -0.193. The van der Waals surface area contributed by atoms with Crippen LogP contribution in [-0.2, 0) is 9.59 Å². The summed E-state index contributed by atoms with van der Waals surface area (Å²) in [4.78, 5) is 37.6. The normalized spacial score (nSPS) is 11.6. The Morgan fingerprint density at radius 1 is 0.926 bits per heavy atom. The average molecular weight is 773 g/mol. The summed E-state index contributed by atoms with van der Waals surface area (Å²) in [5.74, 6) is -5.30. The Balaban J connectivity index is 0.000000610. The second kappa shape index (κ2) is 18.9. The summed E-state index contributed by atoms with van der Waals surface area (Å²) < 4.78 is 91.0. The number of nitrogens with two attached hydrogens (primary N) is 1. The van der Waals surface area contributed by atoms with Crippen LogP contribution in [0.1, 0.15) is 54.1 Å². The fourth-order valence-corrected chi connectivity index (χ4v) is 4.17. The van der Waals surface area contributed by atoms with Crippen molar-refractivity contribution in [3.63, 3.8) is 0 Å². The number of nitrogens with one attached hydrogen (secondary N) is 4. The highest BCUT2D eigenvalue weighted by Gasteiger charge is 2.39. The molecule has 54 heavy (non-hydrogen) atoms. The van der Waals surface area contributed by atoms with Crippen LogP contribution in [0.5, 0.6) is 11.5 Å². The number of hydrogen-bond acceptors (Lipinski definition) is 8. The molecule has 1 aromatic heterocycles. The molecule has 292 valence electrons. The van der Waals surface area contributed by atoms with Crippen LogP contribution in [-0.4, -0.2) is 76.0 Å². The highest BCUT2D eigenvalue weighted by molar-refractivity contribution is 5.95. The molecule has 4 aromatic rings. The number of carboxylic acids is 2. The number of aromatic nitrogens is 2. The molecule has 1 unspecified atom stereocenters. The van der Waals surface area contributed by atoms with Crippen LogP contribution >= 0.6 is 0 Å².